The van der Waals surface area contributed by atoms with E-state index < -0.39 is 0 Å². The van der Waals surface area contributed by atoms with Gasteiger partial charge in [-0.2, -0.15) is 5.10 Å². The Labute approximate surface area is 172 Å². The number of amides is 1. The Morgan fingerprint density at radius 2 is 1.97 bits per heavy atom. The SMILES string of the molecule is CCn1nc(C(=O)NC[C@H](c2cccs2)N2CCOCC2)c2ccccc2c1=O. The molecule has 3 aromatic rings. The number of ether oxygens (including phenoxy) is 1. The van der Waals surface area contributed by atoms with Crippen LogP contribution < -0.4 is 10.9 Å². The van der Waals surface area contributed by atoms with E-state index in [2.05, 4.69) is 26.8 Å². The highest BCUT2D eigenvalue weighted by atomic mass is 32.1. The van der Waals surface area contributed by atoms with Crippen LogP contribution in [0, 0.1) is 0 Å². The molecule has 3 heterocycles. The summed E-state index contributed by atoms with van der Waals surface area (Å²) in [5.41, 5.74) is 0.110. The van der Waals surface area contributed by atoms with Crippen LogP contribution in [0.4, 0.5) is 0 Å². The van der Waals surface area contributed by atoms with E-state index in [4.69, 9.17) is 4.74 Å². The molecule has 0 radical (unpaired) electrons. The van der Waals surface area contributed by atoms with Crippen molar-refractivity contribution < 1.29 is 9.53 Å². The minimum absolute atomic E-state index is 0.0891. The van der Waals surface area contributed by atoms with E-state index in [1.165, 1.54) is 9.56 Å². The molecule has 1 fully saturated rings. The highest BCUT2D eigenvalue weighted by Crippen LogP contribution is 2.25. The van der Waals surface area contributed by atoms with Gasteiger partial charge in [0.25, 0.3) is 11.5 Å². The van der Waals surface area contributed by atoms with E-state index in [0.29, 0.717) is 37.1 Å². The van der Waals surface area contributed by atoms with Crippen LogP contribution in [0.1, 0.15) is 28.3 Å². The lowest BCUT2D eigenvalue weighted by molar-refractivity contribution is 0.0169. The molecule has 0 aliphatic carbocycles. The maximum absolute atomic E-state index is 13.1. The van der Waals surface area contributed by atoms with Gasteiger partial charge in [0.15, 0.2) is 5.69 Å². The predicted octanol–water partition coefficient (Wildman–Crippen LogP) is 2.28. The topological polar surface area (TPSA) is 76.5 Å². The average molecular weight is 413 g/mol. The van der Waals surface area contributed by atoms with E-state index in [-0.39, 0.29) is 23.2 Å². The first-order chi connectivity index (χ1) is 14.2. The molecule has 7 nitrogen and oxygen atoms in total. The maximum Gasteiger partial charge on any atom is 0.274 e. The summed E-state index contributed by atoms with van der Waals surface area (Å²) in [5, 5.41) is 10.5. The van der Waals surface area contributed by atoms with Crippen molar-refractivity contribution in [1.82, 2.24) is 20.0 Å². The molecule has 1 amide bonds. The van der Waals surface area contributed by atoms with Gasteiger partial charge in [-0.05, 0) is 24.4 Å². The Morgan fingerprint density at radius 3 is 2.66 bits per heavy atom. The number of carbonyl (C=O) groups excluding carboxylic acids is 1. The smallest absolute Gasteiger partial charge is 0.274 e. The van der Waals surface area contributed by atoms with Crippen molar-refractivity contribution in [2.75, 3.05) is 32.8 Å². The summed E-state index contributed by atoms with van der Waals surface area (Å²) >= 11 is 1.69. The lowest BCUT2D eigenvalue weighted by Gasteiger charge is -2.34. The summed E-state index contributed by atoms with van der Waals surface area (Å²) in [4.78, 5) is 29.1. The Hall–Kier alpha value is -2.55. The minimum Gasteiger partial charge on any atom is -0.379 e. The number of fused-ring (bicyclic) bond motifs is 1. The van der Waals surface area contributed by atoms with Gasteiger partial charge in [0, 0.05) is 36.4 Å². The van der Waals surface area contributed by atoms with Crippen molar-refractivity contribution in [3.63, 3.8) is 0 Å². The number of aromatic nitrogens is 2. The van der Waals surface area contributed by atoms with Crippen LogP contribution in [0.15, 0.2) is 46.6 Å². The van der Waals surface area contributed by atoms with E-state index >= 15 is 0 Å². The minimum atomic E-state index is -0.266. The Balaban J connectivity index is 1.60. The van der Waals surface area contributed by atoms with Crippen LogP contribution in [0.2, 0.25) is 0 Å². The van der Waals surface area contributed by atoms with Crippen molar-refractivity contribution in [2.24, 2.45) is 0 Å². The van der Waals surface area contributed by atoms with Crippen molar-refractivity contribution in [1.29, 1.82) is 0 Å². The molecule has 8 heteroatoms. The first-order valence-corrected chi connectivity index (χ1v) is 10.7. The third-order valence-electron chi connectivity index (χ3n) is 5.20. The molecule has 0 unspecified atom stereocenters. The predicted molar refractivity (Wildman–Crippen MR) is 113 cm³/mol. The van der Waals surface area contributed by atoms with Gasteiger partial charge in [-0.1, -0.05) is 24.3 Å². The van der Waals surface area contributed by atoms with E-state index in [1.54, 1.807) is 29.5 Å². The second-order valence-corrected chi connectivity index (χ2v) is 7.88. The number of benzene rings is 1. The molecule has 1 aliphatic rings. The van der Waals surface area contributed by atoms with Gasteiger partial charge < -0.3 is 10.1 Å². The van der Waals surface area contributed by atoms with Crippen LogP contribution in [0.5, 0.6) is 0 Å². The van der Waals surface area contributed by atoms with E-state index in [9.17, 15) is 9.59 Å². The van der Waals surface area contributed by atoms with Gasteiger partial charge >= 0.3 is 0 Å². The molecule has 1 N–H and O–H groups in total. The quantitative estimate of drug-likeness (QED) is 0.672. The molecule has 0 saturated carbocycles. The summed E-state index contributed by atoms with van der Waals surface area (Å²) in [7, 11) is 0. The number of rotatable bonds is 6. The van der Waals surface area contributed by atoms with Crippen LogP contribution in [-0.4, -0.2) is 53.4 Å². The van der Waals surface area contributed by atoms with Gasteiger partial charge in [-0.15, -0.1) is 11.3 Å². The Bertz CT molecular complexity index is 1040. The standard InChI is InChI=1S/C21H24N4O3S/c1-2-25-21(27)16-7-4-3-6-15(16)19(23-25)20(26)22-14-17(18-8-5-13-29-18)24-9-11-28-12-10-24/h3-8,13,17H,2,9-12,14H2,1H3,(H,22,26)/t17-/m1/s1. The largest absolute Gasteiger partial charge is 0.379 e. The summed E-state index contributed by atoms with van der Waals surface area (Å²) < 4.78 is 6.82. The molecular formula is C21H24N4O3S. The van der Waals surface area contributed by atoms with Crippen LogP contribution in [0.3, 0.4) is 0 Å². The fraction of sp³-hybridized carbons (Fsp3) is 0.381. The Morgan fingerprint density at radius 1 is 1.21 bits per heavy atom. The molecule has 4 rings (SSSR count). The Kier molecular flexibility index (Phi) is 6.03. The van der Waals surface area contributed by atoms with Gasteiger partial charge in [0.1, 0.15) is 0 Å². The lowest BCUT2D eigenvalue weighted by atomic mass is 10.1. The second kappa shape index (κ2) is 8.86. The highest BCUT2D eigenvalue weighted by molar-refractivity contribution is 7.10. The van der Waals surface area contributed by atoms with Crippen molar-refractivity contribution >= 4 is 28.0 Å². The van der Waals surface area contributed by atoms with Gasteiger partial charge in [-0.3, -0.25) is 14.5 Å². The van der Waals surface area contributed by atoms with E-state index in [1.807, 2.05) is 19.1 Å². The summed E-state index contributed by atoms with van der Waals surface area (Å²) in [6, 6.07) is 11.4. The van der Waals surface area contributed by atoms with E-state index in [0.717, 1.165) is 13.1 Å². The van der Waals surface area contributed by atoms with Crippen molar-refractivity contribution in [3.8, 4) is 0 Å². The van der Waals surface area contributed by atoms with Gasteiger partial charge in [0.2, 0.25) is 0 Å². The van der Waals surface area contributed by atoms with Crippen LogP contribution in [0.25, 0.3) is 10.8 Å². The third kappa shape index (κ3) is 4.10. The second-order valence-electron chi connectivity index (χ2n) is 6.90. The number of morpholine rings is 1. The van der Waals surface area contributed by atoms with Crippen molar-refractivity contribution in [3.05, 3.63) is 62.7 Å². The molecule has 152 valence electrons. The molecule has 1 aliphatic heterocycles. The highest BCUT2D eigenvalue weighted by Gasteiger charge is 2.25. The zero-order valence-corrected chi connectivity index (χ0v) is 17.2. The summed E-state index contributed by atoms with van der Waals surface area (Å²) in [5.74, 6) is -0.266. The van der Waals surface area contributed by atoms with Crippen molar-refractivity contribution in [2.45, 2.75) is 19.5 Å². The number of nitrogens with one attached hydrogen (secondary N) is 1. The number of aryl methyl sites for hydroxylation is 1. The van der Waals surface area contributed by atoms with Gasteiger partial charge in [-0.25, -0.2) is 4.68 Å². The summed E-state index contributed by atoms with van der Waals surface area (Å²) in [6.45, 7) is 5.79. The average Bonchev–Trinajstić information content (AvgIpc) is 3.29. The third-order valence-corrected chi connectivity index (χ3v) is 6.17. The normalized spacial score (nSPS) is 16.0. The molecule has 1 aromatic carbocycles. The number of nitrogens with zero attached hydrogens (tertiary/aromatic N) is 3. The zero-order valence-electron chi connectivity index (χ0n) is 16.3. The molecule has 2 aromatic heterocycles. The molecule has 1 atom stereocenters. The number of carbonyl (C=O) groups is 1. The lowest BCUT2D eigenvalue weighted by Crippen LogP contribution is -2.43. The molecule has 0 bridgehead atoms. The van der Waals surface area contributed by atoms with Gasteiger partial charge in [0.05, 0.1) is 24.6 Å². The molecule has 1 saturated heterocycles. The van der Waals surface area contributed by atoms with Crippen LogP contribution >= 0.6 is 11.3 Å². The first kappa shape index (κ1) is 19.8. The number of hydrogen-bond donors (Lipinski definition) is 1. The van der Waals surface area contributed by atoms with Crippen LogP contribution in [-0.2, 0) is 11.3 Å². The first-order valence-electron chi connectivity index (χ1n) is 9.82. The zero-order chi connectivity index (χ0) is 20.2. The summed E-state index contributed by atoms with van der Waals surface area (Å²) in [6.07, 6.45) is 0. The number of thiophene rings is 1. The monoisotopic (exact) mass is 412 g/mol. The number of hydrogen-bond acceptors (Lipinski definition) is 6. The molecular weight excluding hydrogens is 388 g/mol. The molecule has 29 heavy (non-hydrogen) atoms. The maximum atomic E-state index is 13.1. The fourth-order valence-electron chi connectivity index (χ4n) is 3.67. The molecule has 0 spiro atoms. The fourth-order valence-corrected chi connectivity index (χ4v) is 4.53.